The van der Waals surface area contributed by atoms with Crippen LogP contribution in [0.25, 0.3) is 0 Å². The number of benzene rings is 3. The average Bonchev–Trinajstić information content (AvgIpc) is 3.37. The lowest BCUT2D eigenvalue weighted by Gasteiger charge is -2.30. The number of methoxy groups -OCH3 is 1. The van der Waals surface area contributed by atoms with Gasteiger partial charge in [0.1, 0.15) is 5.75 Å². The van der Waals surface area contributed by atoms with Gasteiger partial charge in [0.25, 0.3) is 10.0 Å². The molecule has 0 bridgehead atoms. The molecule has 0 saturated carbocycles. The smallest absolute Gasteiger partial charge is 0.264 e. The molecule has 206 valence electrons. The lowest BCUT2D eigenvalue weighted by Crippen LogP contribution is -2.41. The molecule has 2 heterocycles. The Morgan fingerprint density at radius 2 is 1.49 bits per heavy atom. The molecule has 12 heteroatoms. The van der Waals surface area contributed by atoms with E-state index in [-0.39, 0.29) is 34.7 Å². The van der Waals surface area contributed by atoms with Gasteiger partial charge in [0, 0.05) is 36.3 Å². The summed E-state index contributed by atoms with van der Waals surface area (Å²) >= 11 is 5.92. The molecule has 5 rings (SSSR count). The number of hydrogen-bond acceptors (Lipinski definition) is 6. The zero-order valence-corrected chi connectivity index (χ0v) is 23.6. The number of fused-ring (bicyclic) bond motifs is 1. The molecule has 0 unspecified atom stereocenters. The zero-order chi connectivity index (χ0) is 27.8. The predicted molar refractivity (Wildman–Crippen MR) is 149 cm³/mol. The Hall–Kier alpha value is -3.12. The maximum atomic E-state index is 13.3. The van der Waals surface area contributed by atoms with Crippen molar-refractivity contribution in [2.75, 3.05) is 36.4 Å². The van der Waals surface area contributed by atoms with E-state index in [1.54, 1.807) is 24.3 Å². The molecule has 0 radical (unpaired) electrons. The van der Waals surface area contributed by atoms with Crippen LogP contribution >= 0.6 is 11.6 Å². The Bertz CT molecular complexity index is 1590. The van der Waals surface area contributed by atoms with Crippen LogP contribution < -0.4 is 14.4 Å². The molecule has 0 aromatic heterocycles. The van der Waals surface area contributed by atoms with Crippen molar-refractivity contribution in [1.82, 2.24) is 4.31 Å². The van der Waals surface area contributed by atoms with Crippen molar-refractivity contribution in [2.45, 2.75) is 29.1 Å². The van der Waals surface area contributed by atoms with E-state index in [2.05, 4.69) is 5.32 Å². The number of amides is 1. The van der Waals surface area contributed by atoms with Crippen molar-refractivity contribution in [3.63, 3.8) is 0 Å². The van der Waals surface area contributed by atoms with Crippen LogP contribution in [0.2, 0.25) is 5.02 Å². The van der Waals surface area contributed by atoms with E-state index in [4.69, 9.17) is 16.3 Å². The number of hydrogen-bond donors (Lipinski definition) is 1. The number of anilines is 2. The van der Waals surface area contributed by atoms with Crippen molar-refractivity contribution >= 4 is 48.9 Å². The van der Waals surface area contributed by atoms with Gasteiger partial charge in [-0.15, -0.1) is 0 Å². The monoisotopic (exact) mass is 589 g/mol. The Morgan fingerprint density at radius 1 is 0.872 bits per heavy atom. The van der Waals surface area contributed by atoms with E-state index in [9.17, 15) is 21.6 Å². The van der Waals surface area contributed by atoms with Gasteiger partial charge in [-0.3, -0.25) is 9.10 Å². The van der Waals surface area contributed by atoms with Crippen LogP contribution in [-0.2, 0) is 31.3 Å². The molecule has 1 N–H and O–H groups in total. The molecule has 3 aromatic rings. The Kier molecular flexibility index (Phi) is 7.60. The van der Waals surface area contributed by atoms with Gasteiger partial charge in [-0.2, -0.15) is 4.31 Å². The third kappa shape index (κ3) is 5.49. The highest BCUT2D eigenvalue weighted by Gasteiger charge is 2.34. The topological polar surface area (TPSA) is 113 Å². The normalized spacial score (nSPS) is 16.6. The molecule has 2 aliphatic heterocycles. The summed E-state index contributed by atoms with van der Waals surface area (Å²) < 4.78 is 60.4. The van der Waals surface area contributed by atoms with E-state index in [0.29, 0.717) is 48.0 Å². The predicted octanol–water partition coefficient (Wildman–Crippen LogP) is 4.14. The highest BCUT2D eigenvalue weighted by atomic mass is 35.5. The summed E-state index contributed by atoms with van der Waals surface area (Å²) in [5.41, 5.74) is 1.90. The summed E-state index contributed by atoms with van der Waals surface area (Å²) in [5, 5.41) is 3.35. The van der Waals surface area contributed by atoms with Gasteiger partial charge in [-0.25, -0.2) is 16.8 Å². The number of carbonyl (C=O) groups is 1. The minimum atomic E-state index is -3.79. The Morgan fingerprint density at radius 3 is 2.13 bits per heavy atom. The second kappa shape index (κ2) is 10.8. The first-order valence-corrected chi connectivity index (χ1v) is 15.7. The average molecular weight is 590 g/mol. The fourth-order valence-electron chi connectivity index (χ4n) is 4.91. The Labute approximate surface area is 233 Å². The number of nitrogens with zero attached hydrogens (tertiary/aromatic N) is 2. The molecule has 1 amide bonds. The van der Waals surface area contributed by atoms with Gasteiger partial charge < -0.3 is 10.1 Å². The first-order chi connectivity index (χ1) is 18.6. The van der Waals surface area contributed by atoms with E-state index in [1.165, 1.54) is 52.1 Å². The lowest BCUT2D eigenvalue weighted by atomic mass is 9.97. The van der Waals surface area contributed by atoms with E-state index < -0.39 is 20.0 Å². The fourth-order valence-corrected chi connectivity index (χ4v) is 8.00. The zero-order valence-electron chi connectivity index (χ0n) is 21.2. The molecule has 0 aliphatic carbocycles. The highest BCUT2D eigenvalue weighted by Crippen LogP contribution is 2.36. The number of carbonyl (C=O) groups excluding carboxylic acids is 1. The maximum absolute atomic E-state index is 13.3. The number of nitrogens with one attached hydrogen (secondary N) is 1. The van der Waals surface area contributed by atoms with Crippen LogP contribution in [0.4, 0.5) is 11.4 Å². The van der Waals surface area contributed by atoms with Crippen molar-refractivity contribution in [1.29, 1.82) is 0 Å². The van der Waals surface area contributed by atoms with E-state index in [1.807, 2.05) is 6.07 Å². The van der Waals surface area contributed by atoms with Crippen molar-refractivity contribution in [3.8, 4) is 5.75 Å². The van der Waals surface area contributed by atoms with Gasteiger partial charge in [0.15, 0.2) is 0 Å². The molecule has 2 aliphatic rings. The lowest BCUT2D eigenvalue weighted by molar-refractivity contribution is -0.120. The fraction of sp³-hybridized carbons (Fsp3) is 0.296. The van der Waals surface area contributed by atoms with E-state index >= 15 is 0 Å². The van der Waals surface area contributed by atoms with Gasteiger partial charge >= 0.3 is 0 Å². The third-order valence-electron chi connectivity index (χ3n) is 7.13. The van der Waals surface area contributed by atoms with Crippen molar-refractivity contribution in [3.05, 3.63) is 77.3 Å². The number of sulfonamides is 2. The molecule has 1 fully saturated rings. The molecule has 9 nitrogen and oxygen atoms in total. The third-order valence-corrected chi connectivity index (χ3v) is 11.1. The van der Waals surface area contributed by atoms with Crippen LogP contribution in [0.15, 0.2) is 76.5 Å². The van der Waals surface area contributed by atoms with Gasteiger partial charge in [-0.1, -0.05) is 17.7 Å². The van der Waals surface area contributed by atoms with Crippen molar-refractivity contribution < 1.29 is 26.4 Å². The number of rotatable bonds is 7. The standard InChI is InChI=1S/C27H28ClN3O6S2/c1-37-23-6-10-24(11-7-23)38(33,34)30-15-12-20(13-16-30)27(32)29-22-5-2-19-14-17-31(26(19)18-22)39(35,36)25-8-3-21(28)4-9-25/h2-11,18,20H,12-17H2,1H3,(H,29,32). The summed E-state index contributed by atoms with van der Waals surface area (Å²) in [7, 11) is -5.94. The maximum Gasteiger partial charge on any atom is 0.264 e. The largest absolute Gasteiger partial charge is 0.497 e. The first-order valence-electron chi connectivity index (χ1n) is 12.5. The van der Waals surface area contributed by atoms with Crippen LogP contribution in [0, 0.1) is 5.92 Å². The van der Waals surface area contributed by atoms with Gasteiger partial charge in [0.2, 0.25) is 15.9 Å². The number of halogens is 1. The summed E-state index contributed by atoms with van der Waals surface area (Å²) in [6.45, 7) is 0.756. The summed E-state index contributed by atoms with van der Waals surface area (Å²) in [6.07, 6.45) is 1.32. The van der Waals surface area contributed by atoms with Crippen LogP contribution in [0.3, 0.4) is 0 Å². The summed E-state index contributed by atoms with van der Waals surface area (Å²) in [4.78, 5) is 13.4. The molecule has 0 spiro atoms. The quantitative estimate of drug-likeness (QED) is 0.443. The molecular formula is C27H28ClN3O6S2. The van der Waals surface area contributed by atoms with E-state index in [0.717, 1.165) is 5.56 Å². The molecule has 3 aromatic carbocycles. The highest BCUT2D eigenvalue weighted by molar-refractivity contribution is 7.92. The summed E-state index contributed by atoms with van der Waals surface area (Å²) in [5.74, 6) is -0.0161. The van der Waals surface area contributed by atoms with Crippen LogP contribution in [0.5, 0.6) is 5.75 Å². The summed E-state index contributed by atoms with van der Waals surface area (Å²) in [6, 6.07) is 17.5. The minimum absolute atomic E-state index is 0.144. The van der Waals surface area contributed by atoms with Gasteiger partial charge in [0.05, 0.1) is 22.6 Å². The minimum Gasteiger partial charge on any atom is -0.497 e. The Balaban J connectivity index is 1.25. The molecule has 0 atom stereocenters. The van der Waals surface area contributed by atoms with Crippen LogP contribution in [0.1, 0.15) is 18.4 Å². The van der Waals surface area contributed by atoms with Crippen LogP contribution in [-0.4, -0.2) is 53.8 Å². The molecular weight excluding hydrogens is 562 g/mol. The number of piperidine rings is 1. The first kappa shape index (κ1) is 27.4. The second-order valence-electron chi connectivity index (χ2n) is 9.47. The molecule has 1 saturated heterocycles. The van der Waals surface area contributed by atoms with Crippen molar-refractivity contribution in [2.24, 2.45) is 5.92 Å². The number of ether oxygens (including phenoxy) is 1. The second-order valence-corrected chi connectivity index (χ2v) is 13.7. The molecule has 39 heavy (non-hydrogen) atoms. The SMILES string of the molecule is COc1ccc(S(=O)(=O)N2CCC(C(=O)Nc3ccc4c(c3)N(S(=O)(=O)c3ccc(Cl)cc3)CC4)CC2)cc1. The van der Waals surface area contributed by atoms with Gasteiger partial charge in [-0.05, 0) is 85.5 Å².